The highest BCUT2D eigenvalue weighted by atomic mass is 16.5. The lowest BCUT2D eigenvalue weighted by Gasteiger charge is -2.42. The highest BCUT2D eigenvalue weighted by Crippen LogP contribution is 2.24. The Morgan fingerprint density at radius 1 is 1.47 bits per heavy atom. The molecule has 1 aliphatic rings. The number of rotatable bonds is 9. The van der Waals surface area contributed by atoms with Crippen molar-refractivity contribution in [2.75, 3.05) is 19.7 Å². The van der Waals surface area contributed by atoms with Crippen molar-refractivity contribution in [1.29, 1.82) is 0 Å². The van der Waals surface area contributed by atoms with Crippen LogP contribution in [0.5, 0.6) is 0 Å². The molecule has 0 spiro atoms. The maximum atomic E-state index is 10.8. The van der Waals surface area contributed by atoms with E-state index in [0.29, 0.717) is 25.6 Å². The summed E-state index contributed by atoms with van der Waals surface area (Å²) in [5.41, 5.74) is -0.439. The first kappa shape index (κ1) is 14.5. The number of hydrogen-bond acceptors (Lipinski definition) is 3. The van der Waals surface area contributed by atoms with Gasteiger partial charge < -0.3 is 15.2 Å². The lowest BCUT2D eigenvalue weighted by atomic mass is 9.92. The molecule has 0 aromatic carbocycles. The predicted molar refractivity (Wildman–Crippen MR) is 67.1 cm³/mol. The normalized spacial score (nSPS) is 19.6. The highest BCUT2D eigenvalue weighted by molar-refractivity contribution is 5.68. The van der Waals surface area contributed by atoms with E-state index in [1.807, 2.05) is 0 Å². The third-order valence-electron chi connectivity index (χ3n) is 3.54. The number of carbonyl (C=O) groups is 1. The molecule has 0 aliphatic carbocycles. The van der Waals surface area contributed by atoms with E-state index in [4.69, 9.17) is 9.84 Å². The van der Waals surface area contributed by atoms with Crippen molar-refractivity contribution >= 4 is 5.97 Å². The van der Waals surface area contributed by atoms with Gasteiger partial charge in [0.25, 0.3) is 0 Å². The van der Waals surface area contributed by atoms with E-state index in [9.17, 15) is 4.79 Å². The fraction of sp³-hybridized carbons (Fsp3) is 0.923. The molecule has 0 bridgehead atoms. The van der Waals surface area contributed by atoms with Gasteiger partial charge >= 0.3 is 5.97 Å². The van der Waals surface area contributed by atoms with Crippen LogP contribution < -0.4 is 5.32 Å². The summed E-state index contributed by atoms with van der Waals surface area (Å²) in [6, 6.07) is 0. The Labute approximate surface area is 104 Å². The molecule has 1 fully saturated rings. The first-order valence-electron chi connectivity index (χ1n) is 6.68. The van der Waals surface area contributed by atoms with Gasteiger partial charge in [0.15, 0.2) is 0 Å². The van der Waals surface area contributed by atoms with E-state index in [1.165, 1.54) is 19.3 Å². The summed E-state index contributed by atoms with van der Waals surface area (Å²) in [7, 11) is 0. The first-order valence-corrected chi connectivity index (χ1v) is 6.68. The van der Waals surface area contributed by atoms with Crippen molar-refractivity contribution in [2.45, 2.75) is 51.6 Å². The van der Waals surface area contributed by atoms with Gasteiger partial charge in [0.05, 0.1) is 13.0 Å². The van der Waals surface area contributed by atoms with E-state index in [1.54, 1.807) is 0 Å². The minimum Gasteiger partial charge on any atom is -0.481 e. The van der Waals surface area contributed by atoms with Crippen LogP contribution in [0.15, 0.2) is 0 Å². The summed E-state index contributed by atoms with van der Waals surface area (Å²) in [6.45, 7) is 6.40. The van der Waals surface area contributed by atoms with Gasteiger partial charge in [0, 0.05) is 13.1 Å². The quantitative estimate of drug-likeness (QED) is 0.650. The molecule has 0 aromatic rings. The van der Waals surface area contributed by atoms with Crippen LogP contribution in [0.4, 0.5) is 0 Å². The van der Waals surface area contributed by atoms with Crippen molar-refractivity contribution in [3.8, 4) is 0 Å². The fourth-order valence-corrected chi connectivity index (χ4v) is 2.15. The summed E-state index contributed by atoms with van der Waals surface area (Å²) in [5.74, 6) is -0.200. The monoisotopic (exact) mass is 243 g/mol. The minimum atomic E-state index is -0.770. The van der Waals surface area contributed by atoms with E-state index in [-0.39, 0.29) is 6.42 Å². The van der Waals surface area contributed by atoms with Crippen LogP contribution in [0.25, 0.3) is 0 Å². The van der Waals surface area contributed by atoms with Crippen molar-refractivity contribution in [2.24, 2.45) is 5.92 Å². The second kappa shape index (κ2) is 6.97. The minimum absolute atomic E-state index is 0.115. The molecule has 1 rings (SSSR count). The van der Waals surface area contributed by atoms with Gasteiger partial charge in [-0.1, -0.05) is 33.1 Å². The summed E-state index contributed by atoms with van der Waals surface area (Å²) < 4.78 is 5.88. The average Bonchev–Trinajstić information content (AvgIpc) is 2.25. The van der Waals surface area contributed by atoms with E-state index in [2.05, 4.69) is 19.2 Å². The van der Waals surface area contributed by atoms with Crippen LogP contribution in [-0.2, 0) is 9.53 Å². The van der Waals surface area contributed by atoms with Crippen molar-refractivity contribution in [3.63, 3.8) is 0 Å². The molecule has 1 unspecified atom stereocenters. The predicted octanol–water partition coefficient (Wildman–Crippen LogP) is 2.04. The van der Waals surface area contributed by atoms with Crippen molar-refractivity contribution in [3.05, 3.63) is 0 Å². The van der Waals surface area contributed by atoms with Gasteiger partial charge in [-0.15, -0.1) is 0 Å². The molecule has 1 aliphatic heterocycles. The van der Waals surface area contributed by atoms with Crippen molar-refractivity contribution < 1.29 is 14.6 Å². The average molecular weight is 243 g/mol. The molecule has 1 heterocycles. The molecular formula is C13H25NO3. The van der Waals surface area contributed by atoms with Gasteiger partial charge in [-0.2, -0.15) is 0 Å². The molecule has 17 heavy (non-hydrogen) atoms. The second-order valence-electron chi connectivity index (χ2n) is 5.08. The molecule has 4 nitrogen and oxygen atoms in total. The van der Waals surface area contributed by atoms with Crippen LogP contribution in [0.2, 0.25) is 0 Å². The SMILES string of the molecule is CCCCC(CC)COC1(CC(=O)O)CNC1. The number of carboxylic acid groups (broad SMARTS) is 1. The third kappa shape index (κ3) is 4.64. The van der Waals surface area contributed by atoms with Crippen LogP contribution in [0.3, 0.4) is 0 Å². The molecule has 4 heteroatoms. The number of carboxylic acids is 1. The van der Waals surface area contributed by atoms with Gasteiger partial charge in [-0.05, 0) is 12.3 Å². The topological polar surface area (TPSA) is 58.6 Å². The van der Waals surface area contributed by atoms with Gasteiger partial charge in [-0.25, -0.2) is 0 Å². The Hall–Kier alpha value is -0.610. The number of nitrogens with one attached hydrogen (secondary N) is 1. The lowest BCUT2D eigenvalue weighted by molar-refractivity contribution is -0.152. The van der Waals surface area contributed by atoms with Gasteiger partial charge in [-0.3, -0.25) is 4.79 Å². The van der Waals surface area contributed by atoms with Gasteiger partial charge in [0.1, 0.15) is 5.60 Å². The zero-order valence-corrected chi connectivity index (χ0v) is 11.0. The molecule has 0 saturated carbocycles. The zero-order valence-electron chi connectivity index (χ0n) is 11.0. The molecule has 1 atom stereocenters. The number of ether oxygens (including phenoxy) is 1. The Balaban J connectivity index is 2.32. The highest BCUT2D eigenvalue weighted by Gasteiger charge is 2.40. The molecule has 0 amide bonds. The van der Waals surface area contributed by atoms with Crippen LogP contribution >= 0.6 is 0 Å². The molecule has 0 radical (unpaired) electrons. The summed E-state index contributed by atoms with van der Waals surface area (Å²) >= 11 is 0. The molecule has 0 aromatic heterocycles. The summed E-state index contributed by atoms with van der Waals surface area (Å²) in [6.07, 6.45) is 4.84. The second-order valence-corrected chi connectivity index (χ2v) is 5.08. The standard InChI is InChI=1S/C13H25NO3/c1-3-5-6-11(4-2)8-17-13(7-12(15)16)9-14-10-13/h11,14H,3-10H2,1-2H3,(H,15,16). The number of aliphatic carboxylic acids is 1. The Kier molecular flexibility index (Phi) is 5.92. The van der Waals surface area contributed by atoms with Crippen LogP contribution in [-0.4, -0.2) is 36.4 Å². The summed E-state index contributed by atoms with van der Waals surface area (Å²) in [5, 5.41) is 12.0. The number of unbranched alkanes of at least 4 members (excludes halogenated alkanes) is 1. The Morgan fingerprint density at radius 2 is 2.18 bits per heavy atom. The largest absolute Gasteiger partial charge is 0.481 e. The van der Waals surface area contributed by atoms with Crippen molar-refractivity contribution in [1.82, 2.24) is 5.32 Å². The Bertz CT molecular complexity index is 239. The summed E-state index contributed by atoms with van der Waals surface area (Å²) in [4.78, 5) is 10.8. The smallest absolute Gasteiger partial charge is 0.306 e. The molecular weight excluding hydrogens is 218 g/mol. The lowest BCUT2D eigenvalue weighted by Crippen LogP contribution is -2.62. The fourth-order valence-electron chi connectivity index (χ4n) is 2.15. The molecule has 100 valence electrons. The van der Waals surface area contributed by atoms with E-state index in [0.717, 1.165) is 6.42 Å². The third-order valence-corrected chi connectivity index (χ3v) is 3.54. The Morgan fingerprint density at radius 3 is 2.59 bits per heavy atom. The van der Waals surface area contributed by atoms with Gasteiger partial charge in [0.2, 0.25) is 0 Å². The number of hydrogen-bond donors (Lipinski definition) is 2. The molecule has 1 saturated heterocycles. The first-order chi connectivity index (χ1) is 8.12. The molecule has 2 N–H and O–H groups in total. The maximum absolute atomic E-state index is 10.8. The van der Waals surface area contributed by atoms with E-state index < -0.39 is 11.6 Å². The maximum Gasteiger partial charge on any atom is 0.306 e. The van der Waals surface area contributed by atoms with E-state index >= 15 is 0 Å². The zero-order chi connectivity index (χ0) is 12.7. The van der Waals surface area contributed by atoms with Crippen LogP contribution in [0.1, 0.15) is 46.0 Å². The van der Waals surface area contributed by atoms with Crippen LogP contribution in [0, 0.1) is 5.92 Å².